The van der Waals surface area contributed by atoms with Crippen LogP contribution in [0.5, 0.6) is 0 Å². The molecule has 0 fully saturated rings. The maximum Gasteiger partial charge on any atom is 0.286 e. The first kappa shape index (κ1) is 26.2. The predicted octanol–water partition coefficient (Wildman–Crippen LogP) is 6.12. The SMILES string of the molecule is CC.COC#N.COC#N.c1ccc(Cc2cccc(Cc3ccccc3)c2)cc1. The zero-order chi connectivity index (χ0) is 22.5. The zero-order valence-electron chi connectivity index (χ0n) is 18.2. The minimum atomic E-state index is 1.00. The van der Waals surface area contributed by atoms with Crippen LogP contribution in [0, 0.1) is 23.0 Å². The number of ether oxygens (including phenoxy) is 2. The van der Waals surface area contributed by atoms with E-state index in [4.69, 9.17) is 10.5 Å². The van der Waals surface area contributed by atoms with E-state index < -0.39 is 0 Å². The molecule has 0 aliphatic rings. The molecule has 3 rings (SSSR count). The second-order valence-corrected chi connectivity index (χ2v) is 5.74. The summed E-state index contributed by atoms with van der Waals surface area (Å²) in [4.78, 5) is 0. The van der Waals surface area contributed by atoms with Gasteiger partial charge in [-0.2, -0.15) is 10.5 Å². The number of hydrogen-bond donors (Lipinski definition) is 0. The molecule has 0 aromatic heterocycles. The van der Waals surface area contributed by atoms with Gasteiger partial charge in [0, 0.05) is 0 Å². The van der Waals surface area contributed by atoms with Gasteiger partial charge in [-0.1, -0.05) is 98.8 Å². The van der Waals surface area contributed by atoms with E-state index in [1.807, 2.05) is 13.8 Å². The number of hydrogen-bond acceptors (Lipinski definition) is 4. The van der Waals surface area contributed by atoms with Crippen molar-refractivity contribution in [2.45, 2.75) is 26.7 Å². The molecule has 30 heavy (non-hydrogen) atoms. The van der Waals surface area contributed by atoms with Crippen LogP contribution in [-0.4, -0.2) is 14.2 Å². The fraction of sp³-hybridized carbons (Fsp3) is 0.231. The van der Waals surface area contributed by atoms with Crippen molar-refractivity contribution in [3.05, 3.63) is 107 Å². The van der Waals surface area contributed by atoms with Crippen LogP contribution in [-0.2, 0) is 22.3 Å². The highest BCUT2D eigenvalue weighted by molar-refractivity contribution is 5.32. The van der Waals surface area contributed by atoms with Gasteiger partial charge in [-0.3, -0.25) is 0 Å². The Hall–Kier alpha value is -3.76. The van der Waals surface area contributed by atoms with Gasteiger partial charge >= 0.3 is 0 Å². The van der Waals surface area contributed by atoms with Gasteiger partial charge in [0.25, 0.3) is 12.5 Å². The lowest BCUT2D eigenvalue weighted by molar-refractivity contribution is 0.362. The van der Waals surface area contributed by atoms with Crippen molar-refractivity contribution in [1.82, 2.24) is 0 Å². The maximum atomic E-state index is 7.40. The summed E-state index contributed by atoms with van der Waals surface area (Å²) in [6.07, 6.45) is 4.87. The third-order valence-corrected chi connectivity index (χ3v) is 3.68. The Bertz CT molecular complexity index is 796. The summed E-state index contributed by atoms with van der Waals surface area (Å²) in [6, 6.07) is 30.2. The van der Waals surface area contributed by atoms with E-state index in [1.54, 1.807) is 0 Å². The van der Waals surface area contributed by atoms with Crippen molar-refractivity contribution >= 4 is 0 Å². The van der Waals surface area contributed by atoms with Gasteiger partial charge in [0.05, 0.1) is 14.2 Å². The van der Waals surface area contributed by atoms with E-state index in [0.29, 0.717) is 0 Å². The Balaban J connectivity index is 0.000000715. The molecule has 156 valence electrons. The highest BCUT2D eigenvalue weighted by Gasteiger charge is 1.99. The van der Waals surface area contributed by atoms with Crippen LogP contribution in [0.3, 0.4) is 0 Å². The molecule has 4 heteroatoms. The van der Waals surface area contributed by atoms with Crippen LogP contribution < -0.4 is 0 Å². The molecule has 0 heterocycles. The molecular weight excluding hydrogens is 372 g/mol. The van der Waals surface area contributed by atoms with E-state index in [2.05, 4.69) is 94.4 Å². The van der Waals surface area contributed by atoms with Crippen LogP contribution >= 0.6 is 0 Å². The van der Waals surface area contributed by atoms with Gasteiger partial charge in [-0.15, -0.1) is 0 Å². The molecule has 0 spiro atoms. The van der Waals surface area contributed by atoms with Crippen LogP contribution in [0.2, 0.25) is 0 Å². The zero-order valence-corrected chi connectivity index (χ0v) is 18.2. The third kappa shape index (κ3) is 12.6. The fourth-order valence-electron chi connectivity index (χ4n) is 2.51. The Morgan fingerprint density at radius 1 is 0.567 bits per heavy atom. The molecule has 3 aromatic carbocycles. The first-order valence-electron chi connectivity index (χ1n) is 9.73. The summed E-state index contributed by atoms with van der Waals surface area (Å²) in [5, 5.41) is 14.8. The average molecular weight is 403 g/mol. The first-order valence-corrected chi connectivity index (χ1v) is 9.73. The smallest absolute Gasteiger partial charge is 0.286 e. The Morgan fingerprint density at radius 2 is 0.867 bits per heavy atom. The third-order valence-electron chi connectivity index (χ3n) is 3.68. The molecule has 0 aliphatic carbocycles. The first-order chi connectivity index (χ1) is 14.7. The van der Waals surface area contributed by atoms with Crippen LogP contribution in [0.15, 0.2) is 84.9 Å². The molecule has 0 amide bonds. The average Bonchev–Trinajstić information content (AvgIpc) is 2.82. The van der Waals surface area contributed by atoms with Gasteiger partial charge in [0.15, 0.2) is 0 Å². The van der Waals surface area contributed by atoms with Crippen molar-refractivity contribution in [3.63, 3.8) is 0 Å². The van der Waals surface area contributed by atoms with Crippen LogP contribution in [0.25, 0.3) is 0 Å². The highest BCUT2D eigenvalue weighted by atomic mass is 16.5. The Morgan fingerprint density at radius 3 is 1.17 bits per heavy atom. The standard InChI is InChI=1S/C20H18.2C2H3NO.C2H6/c1-3-8-17(9-4-1)14-19-12-7-13-20(16-19)15-18-10-5-2-6-11-18;2*1-4-2-3;1-2/h1-13,16H,14-15H2;2*1H3;1-2H3. The summed E-state index contributed by atoms with van der Waals surface area (Å²) in [7, 11) is 2.64. The van der Waals surface area contributed by atoms with Crippen LogP contribution in [0.4, 0.5) is 0 Å². The number of nitriles is 2. The number of nitrogens with zero attached hydrogens (tertiary/aromatic N) is 2. The summed E-state index contributed by atoms with van der Waals surface area (Å²) < 4.78 is 7.69. The monoisotopic (exact) mass is 402 g/mol. The highest BCUT2D eigenvalue weighted by Crippen LogP contribution is 2.14. The van der Waals surface area contributed by atoms with Gasteiger partial charge in [-0.05, 0) is 35.1 Å². The Labute approximate surface area is 180 Å². The number of methoxy groups -OCH3 is 2. The summed E-state index contributed by atoms with van der Waals surface area (Å²) in [5.41, 5.74) is 5.49. The fourth-order valence-corrected chi connectivity index (χ4v) is 2.51. The molecule has 0 saturated carbocycles. The lowest BCUT2D eigenvalue weighted by Gasteiger charge is -2.06. The molecule has 0 saturated heterocycles. The second-order valence-electron chi connectivity index (χ2n) is 5.74. The second kappa shape index (κ2) is 18.6. The molecule has 0 aliphatic heterocycles. The van der Waals surface area contributed by atoms with Crippen molar-refractivity contribution in [1.29, 1.82) is 10.5 Å². The summed E-state index contributed by atoms with van der Waals surface area (Å²) in [6.45, 7) is 4.00. The molecule has 0 atom stereocenters. The predicted molar refractivity (Wildman–Crippen MR) is 122 cm³/mol. The van der Waals surface area contributed by atoms with Crippen molar-refractivity contribution in [3.8, 4) is 12.5 Å². The Kier molecular flexibility index (Phi) is 16.3. The minimum Gasteiger partial charge on any atom is -0.431 e. The quantitative estimate of drug-likeness (QED) is 0.493. The summed E-state index contributed by atoms with van der Waals surface area (Å²) in [5.74, 6) is 0. The topological polar surface area (TPSA) is 66.0 Å². The molecule has 0 bridgehead atoms. The van der Waals surface area contributed by atoms with E-state index in [0.717, 1.165) is 12.8 Å². The van der Waals surface area contributed by atoms with Crippen molar-refractivity contribution in [2.75, 3.05) is 14.2 Å². The van der Waals surface area contributed by atoms with E-state index in [9.17, 15) is 0 Å². The van der Waals surface area contributed by atoms with E-state index >= 15 is 0 Å². The van der Waals surface area contributed by atoms with E-state index in [1.165, 1.54) is 49.0 Å². The van der Waals surface area contributed by atoms with Gasteiger partial charge < -0.3 is 9.47 Å². The maximum absolute atomic E-state index is 7.40. The molecule has 0 N–H and O–H groups in total. The van der Waals surface area contributed by atoms with Crippen molar-refractivity contribution in [2.24, 2.45) is 0 Å². The van der Waals surface area contributed by atoms with Crippen molar-refractivity contribution < 1.29 is 9.47 Å². The van der Waals surface area contributed by atoms with Gasteiger partial charge in [0.1, 0.15) is 0 Å². The molecule has 4 nitrogen and oxygen atoms in total. The summed E-state index contributed by atoms with van der Waals surface area (Å²) >= 11 is 0. The molecule has 3 aromatic rings. The van der Waals surface area contributed by atoms with Crippen LogP contribution in [0.1, 0.15) is 36.1 Å². The lowest BCUT2D eigenvalue weighted by atomic mass is 9.99. The van der Waals surface area contributed by atoms with E-state index in [-0.39, 0.29) is 0 Å². The largest absolute Gasteiger partial charge is 0.431 e. The van der Waals surface area contributed by atoms with Gasteiger partial charge in [-0.25, -0.2) is 0 Å². The molecular formula is C26H30N2O2. The van der Waals surface area contributed by atoms with Gasteiger partial charge in [0.2, 0.25) is 0 Å². The number of rotatable bonds is 4. The normalized spacial score (nSPS) is 8.20. The number of benzene rings is 3. The lowest BCUT2D eigenvalue weighted by Crippen LogP contribution is -1.92. The molecule has 0 radical (unpaired) electrons. The molecule has 0 unspecified atom stereocenters. The minimum absolute atomic E-state index is 1.00.